The zero-order valence-electron chi connectivity index (χ0n) is 13.3. The minimum Gasteiger partial charge on any atom is -0.461 e. The standard InChI is InChI=1S/C17H22N2O2/c1-6-21-16(20)15-14(13-9-7-12(2)8-10-13)18-11-19(15)17(3,4)5/h7-11H,6H2,1-5H3. The summed E-state index contributed by atoms with van der Waals surface area (Å²) < 4.78 is 7.08. The summed E-state index contributed by atoms with van der Waals surface area (Å²) in [6, 6.07) is 7.99. The number of hydrogen-bond donors (Lipinski definition) is 0. The lowest BCUT2D eigenvalue weighted by Crippen LogP contribution is -2.26. The topological polar surface area (TPSA) is 44.1 Å². The molecule has 0 radical (unpaired) electrons. The van der Waals surface area contributed by atoms with Crippen LogP contribution in [0.15, 0.2) is 30.6 Å². The molecule has 1 heterocycles. The first-order chi connectivity index (χ1) is 9.84. The van der Waals surface area contributed by atoms with Crippen LogP contribution in [0.1, 0.15) is 43.7 Å². The van der Waals surface area contributed by atoms with Crippen molar-refractivity contribution >= 4 is 5.97 Å². The summed E-state index contributed by atoms with van der Waals surface area (Å²) in [6.07, 6.45) is 1.71. The number of imidazole rings is 1. The highest BCUT2D eigenvalue weighted by Crippen LogP contribution is 2.27. The van der Waals surface area contributed by atoms with Crippen molar-refractivity contribution in [1.29, 1.82) is 0 Å². The van der Waals surface area contributed by atoms with Crippen LogP contribution >= 0.6 is 0 Å². The third-order valence-corrected chi connectivity index (χ3v) is 3.28. The van der Waals surface area contributed by atoms with Crippen LogP contribution in [0.2, 0.25) is 0 Å². The van der Waals surface area contributed by atoms with Crippen LogP contribution in [-0.2, 0) is 10.3 Å². The van der Waals surface area contributed by atoms with Gasteiger partial charge in [0, 0.05) is 11.1 Å². The molecule has 1 aromatic heterocycles. The maximum absolute atomic E-state index is 12.4. The van der Waals surface area contributed by atoms with Gasteiger partial charge in [-0.2, -0.15) is 0 Å². The van der Waals surface area contributed by atoms with E-state index in [9.17, 15) is 4.79 Å². The largest absolute Gasteiger partial charge is 0.461 e. The van der Waals surface area contributed by atoms with E-state index in [1.807, 2.05) is 56.5 Å². The van der Waals surface area contributed by atoms with Crippen LogP contribution in [0.3, 0.4) is 0 Å². The van der Waals surface area contributed by atoms with Crippen LogP contribution < -0.4 is 0 Å². The smallest absolute Gasteiger partial charge is 0.357 e. The monoisotopic (exact) mass is 286 g/mol. The van der Waals surface area contributed by atoms with Crippen molar-refractivity contribution in [2.75, 3.05) is 6.61 Å². The van der Waals surface area contributed by atoms with Gasteiger partial charge in [0.2, 0.25) is 0 Å². The molecule has 2 rings (SSSR count). The second-order valence-electron chi connectivity index (χ2n) is 6.07. The van der Waals surface area contributed by atoms with Gasteiger partial charge in [-0.25, -0.2) is 9.78 Å². The Hall–Kier alpha value is -2.10. The maximum atomic E-state index is 12.4. The Labute approximate surface area is 125 Å². The lowest BCUT2D eigenvalue weighted by Gasteiger charge is -2.23. The van der Waals surface area contributed by atoms with Crippen molar-refractivity contribution in [3.05, 3.63) is 41.9 Å². The second-order valence-corrected chi connectivity index (χ2v) is 6.07. The SMILES string of the molecule is CCOC(=O)c1c(-c2ccc(C)cc2)ncn1C(C)(C)C. The highest BCUT2D eigenvalue weighted by atomic mass is 16.5. The Morgan fingerprint density at radius 1 is 1.24 bits per heavy atom. The van der Waals surface area contributed by atoms with Crippen molar-refractivity contribution < 1.29 is 9.53 Å². The van der Waals surface area contributed by atoms with Crippen molar-refractivity contribution in [3.63, 3.8) is 0 Å². The number of aryl methyl sites for hydroxylation is 1. The highest BCUT2D eigenvalue weighted by molar-refractivity contribution is 5.94. The number of benzene rings is 1. The first kappa shape index (κ1) is 15.3. The van der Waals surface area contributed by atoms with Gasteiger partial charge in [0.05, 0.1) is 12.9 Å². The number of nitrogens with zero attached hydrogens (tertiary/aromatic N) is 2. The molecule has 0 aliphatic rings. The third kappa shape index (κ3) is 3.15. The van der Waals surface area contributed by atoms with E-state index in [-0.39, 0.29) is 11.5 Å². The predicted molar refractivity (Wildman–Crippen MR) is 83.4 cm³/mol. The molecule has 0 bridgehead atoms. The van der Waals surface area contributed by atoms with Gasteiger partial charge in [-0.05, 0) is 34.6 Å². The molecule has 0 saturated heterocycles. The third-order valence-electron chi connectivity index (χ3n) is 3.28. The molecule has 0 N–H and O–H groups in total. The number of esters is 1. The van der Waals surface area contributed by atoms with Gasteiger partial charge in [-0.3, -0.25) is 0 Å². The Balaban J connectivity index is 2.58. The predicted octanol–water partition coefficient (Wildman–Crippen LogP) is 3.79. The van der Waals surface area contributed by atoms with E-state index in [1.165, 1.54) is 5.56 Å². The first-order valence-corrected chi connectivity index (χ1v) is 7.16. The fraction of sp³-hybridized carbons (Fsp3) is 0.412. The van der Waals surface area contributed by atoms with Gasteiger partial charge in [0.25, 0.3) is 0 Å². The molecule has 0 fully saturated rings. The van der Waals surface area contributed by atoms with E-state index in [0.29, 0.717) is 18.0 Å². The normalized spacial score (nSPS) is 11.5. The van der Waals surface area contributed by atoms with Gasteiger partial charge in [0.15, 0.2) is 5.69 Å². The van der Waals surface area contributed by atoms with E-state index < -0.39 is 0 Å². The molecular weight excluding hydrogens is 264 g/mol. The maximum Gasteiger partial charge on any atom is 0.357 e. The molecule has 0 spiro atoms. The van der Waals surface area contributed by atoms with Crippen molar-refractivity contribution in [1.82, 2.24) is 9.55 Å². The van der Waals surface area contributed by atoms with Crippen LogP contribution in [0, 0.1) is 6.92 Å². The fourth-order valence-corrected chi connectivity index (χ4v) is 2.17. The average Bonchev–Trinajstić information content (AvgIpc) is 2.84. The van der Waals surface area contributed by atoms with E-state index in [0.717, 1.165) is 5.56 Å². The summed E-state index contributed by atoms with van der Waals surface area (Å²) in [4.78, 5) is 16.8. The van der Waals surface area contributed by atoms with Gasteiger partial charge >= 0.3 is 5.97 Å². The molecule has 0 amide bonds. The number of hydrogen-bond acceptors (Lipinski definition) is 3. The molecule has 4 heteroatoms. The van der Waals surface area contributed by atoms with Gasteiger partial charge in [0.1, 0.15) is 5.69 Å². The Morgan fingerprint density at radius 3 is 2.38 bits per heavy atom. The summed E-state index contributed by atoms with van der Waals surface area (Å²) in [5.41, 5.74) is 3.04. The molecule has 0 unspecified atom stereocenters. The van der Waals surface area contributed by atoms with Crippen molar-refractivity contribution in [2.45, 2.75) is 40.2 Å². The van der Waals surface area contributed by atoms with Crippen LogP contribution in [0.5, 0.6) is 0 Å². The molecule has 112 valence electrons. The lowest BCUT2D eigenvalue weighted by molar-refractivity contribution is 0.0508. The number of aromatic nitrogens is 2. The lowest BCUT2D eigenvalue weighted by atomic mass is 10.1. The average molecular weight is 286 g/mol. The van der Waals surface area contributed by atoms with E-state index in [1.54, 1.807) is 13.3 Å². The fourth-order valence-electron chi connectivity index (χ4n) is 2.17. The molecule has 2 aromatic rings. The van der Waals surface area contributed by atoms with Gasteiger partial charge in [-0.1, -0.05) is 29.8 Å². The van der Waals surface area contributed by atoms with Crippen molar-refractivity contribution in [3.8, 4) is 11.3 Å². The summed E-state index contributed by atoms with van der Waals surface area (Å²) in [6.45, 7) is 10.3. The summed E-state index contributed by atoms with van der Waals surface area (Å²) in [5.74, 6) is -0.333. The first-order valence-electron chi connectivity index (χ1n) is 7.16. The summed E-state index contributed by atoms with van der Waals surface area (Å²) in [7, 11) is 0. The molecule has 0 aliphatic carbocycles. The summed E-state index contributed by atoms with van der Waals surface area (Å²) >= 11 is 0. The molecule has 1 aromatic carbocycles. The quantitative estimate of drug-likeness (QED) is 0.806. The molecule has 0 saturated carbocycles. The Kier molecular flexibility index (Phi) is 4.16. The molecule has 21 heavy (non-hydrogen) atoms. The number of ether oxygens (including phenoxy) is 1. The molecule has 0 aliphatic heterocycles. The highest BCUT2D eigenvalue weighted by Gasteiger charge is 2.26. The molecular formula is C17H22N2O2. The minimum absolute atomic E-state index is 0.238. The van der Waals surface area contributed by atoms with Crippen LogP contribution in [0.4, 0.5) is 0 Å². The number of rotatable bonds is 3. The summed E-state index contributed by atoms with van der Waals surface area (Å²) in [5, 5.41) is 0. The van der Waals surface area contributed by atoms with E-state index in [4.69, 9.17) is 4.74 Å². The zero-order valence-corrected chi connectivity index (χ0v) is 13.3. The zero-order chi connectivity index (χ0) is 15.6. The second kappa shape index (κ2) is 5.72. The van der Waals surface area contributed by atoms with Gasteiger partial charge < -0.3 is 9.30 Å². The minimum atomic E-state index is -0.333. The van der Waals surface area contributed by atoms with E-state index >= 15 is 0 Å². The number of carbonyl (C=O) groups is 1. The van der Waals surface area contributed by atoms with Gasteiger partial charge in [-0.15, -0.1) is 0 Å². The van der Waals surface area contributed by atoms with Crippen LogP contribution in [-0.4, -0.2) is 22.1 Å². The van der Waals surface area contributed by atoms with Crippen LogP contribution in [0.25, 0.3) is 11.3 Å². The Bertz CT molecular complexity index is 634. The molecule has 0 atom stereocenters. The van der Waals surface area contributed by atoms with Crippen molar-refractivity contribution in [2.24, 2.45) is 0 Å². The Morgan fingerprint density at radius 2 is 1.86 bits per heavy atom. The molecule has 4 nitrogen and oxygen atoms in total. The van der Waals surface area contributed by atoms with E-state index in [2.05, 4.69) is 4.98 Å². The number of carbonyl (C=O) groups excluding carboxylic acids is 1.